The molecule has 1 fully saturated rings. The Morgan fingerprint density at radius 1 is 1.06 bits per heavy atom. The number of carbonyl (C=O) groups excluding carboxylic acids is 1. The lowest BCUT2D eigenvalue weighted by atomic mass is 10.1. The molecule has 0 amide bonds. The van der Waals surface area contributed by atoms with Gasteiger partial charge in [-0.25, -0.2) is 17.2 Å². The lowest BCUT2D eigenvalue weighted by Gasteiger charge is -2.30. The third kappa shape index (κ3) is 4.91. The Balaban J connectivity index is 1.95. The number of likely N-dealkylation sites (tertiary alicyclic amines) is 1. The molecule has 14 heteroatoms. The van der Waals surface area contributed by atoms with Gasteiger partial charge in [-0.15, -0.1) is 0 Å². The van der Waals surface area contributed by atoms with Crippen molar-refractivity contribution in [1.29, 1.82) is 0 Å². The molecule has 0 N–H and O–H groups in total. The molecule has 188 valence electrons. The fraction of sp³-hybridized carbons (Fsp3) is 0.286. The van der Waals surface area contributed by atoms with Crippen molar-refractivity contribution in [3.63, 3.8) is 0 Å². The van der Waals surface area contributed by atoms with Crippen LogP contribution in [0.2, 0.25) is 0 Å². The van der Waals surface area contributed by atoms with E-state index in [9.17, 15) is 39.6 Å². The highest BCUT2D eigenvalue weighted by molar-refractivity contribution is 9.10. The summed E-state index contributed by atoms with van der Waals surface area (Å²) in [5.74, 6) is -3.32. The van der Waals surface area contributed by atoms with Crippen molar-refractivity contribution in [1.82, 2.24) is 8.87 Å². The number of carbonyl (C=O) groups is 1. The molecule has 2 aromatic carbocycles. The summed E-state index contributed by atoms with van der Waals surface area (Å²) in [4.78, 5) is 12.4. The van der Waals surface area contributed by atoms with Crippen LogP contribution in [0.15, 0.2) is 52.0 Å². The summed E-state index contributed by atoms with van der Waals surface area (Å²) in [6.45, 7) is 1.60. The molecule has 0 bridgehead atoms. The summed E-state index contributed by atoms with van der Waals surface area (Å²) in [6, 6.07) is 6.56. The normalized spacial score (nSPS) is 15.3. The minimum Gasteiger partial charge on any atom is -0.418 e. The highest BCUT2D eigenvalue weighted by Gasteiger charge is 2.43. The van der Waals surface area contributed by atoms with Gasteiger partial charge in [0.15, 0.2) is 5.75 Å². The van der Waals surface area contributed by atoms with Crippen LogP contribution in [0, 0.1) is 0 Å². The van der Waals surface area contributed by atoms with E-state index in [-0.39, 0.29) is 21.9 Å². The van der Waals surface area contributed by atoms with Crippen molar-refractivity contribution in [3.05, 3.63) is 58.2 Å². The van der Waals surface area contributed by atoms with Crippen molar-refractivity contribution in [2.24, 2.45) is 0 Å². The minimum atomic E-state index is -5.38. The van der Waals surface area contributed by atoms with Crippen molar-refractivity contribution in [2.45, 2.75) is 30.2 Å². The number of halogens is 7. The minimum absolute atomic E-state index is 0.0298. The van der Waals surface area contributed by atoms with Gasteiger partial charge < -0.3 is 4.74 Å². The average molecular weight is 585 g/mol. The Bertz CT molecular complexity index is 1410. The van der Waals surface area contributed by atoms with Gasteiger partial charge in [-0.2, -0.15) is 26.3 Å². The second-order valence-electron chi connectivity index (χ2n) is 7.76. The zero-order valence-electron chi connectivity index (χ0n) is 17.5. The van der Waals surface area contributed by atoms with E-state index in [1.54, 1.807) is 0 Å². The fourth-order valence-corrected chi connectivity index (χ4v) is 5.61. The number of alkyl halides is 6. The number of rotatable bonds is 5. The smallest absolute Gasteiger partial charge is 0.418 e. The first-order valence-corrected chi connectivity index (χ1v) is 12.2. The van der Waals surface area contributed by atoms with Crippen LogP contribution in [-0.4, -0.2) is 42.5 Å². The molecule has 1 aliphatic heterocycles. The van der Waals surface area contributed by atoms with Gasteiger partial charge >= 0.3 is 18.3 Å². The predicted molar refractivity (Wildman–Crippen MR) is 115 cm³/mol. The largest absolute Gasteiger partial charge is 0.491 e. The Morgan fingerprint density at radius 2 is 1.74 bits per heavy atom. The van der Waals surface area contributed by atoms with Crippen LogP contribution in [0.5, 0.6) is 5.75 Å². The number of hydrogen-bond donors (Lipinski definition) is 0. The zero-order valence-corrected chi connectivity index (χ0v) is 19.9. The third-order valence-electron chi connectivity index (χ3n) is 5.41. The van der Waals surface area contributed by atoms with Crippen LogP contribution in [0.25, 0.3) is 10.9 Å². The molecule has 1 aliphatic rings. The summed E-state index contributed by atoms with van der Waals surface area (Å²) in [5, 5.41) is -0.119. The number of nitrogens with zero attached hydrogens (tertiary/aromatic N) is 2. The van der Waals surface area contributed by atoms with Crippen LogP contribution in [-0.2, 0) is 27.5 Å². The molecule has 1 aromatic heterocycles. The van der Waals surface area contributed by atoms with E-state index in [4.69, 9.17) is 0 Å². The van der Waals surface area contributed by atoms with E-state index in [0.717, 1.165) is 18.6 Å². The SMILES string of the molecule is O=C(Oc1cn(S(=O)(=O)c2ccc(Br)cc2C(F)(F)F)c2cccc(CN3CCC3)c12)C(F)(F)F. The summed E-state index contributed by atoms with van der Waals surface area (Å²) in [7, 11) is -4.99. The third-order valence-corrected chi connectivity index (χ3v) is 7.63. The van der Waals surface area contributed by atoms with Gasteiger partial charge in [-0.3, -0.25) is 4.90 Å². The Labute approximate surface area is 203 Å². The monoisotopic (exact) mass is 584 g/mol. The van der Waals surface area contributed by atoms with Gasteiger partial charge in [0, 0.05) is 16.4 Å². The maximum Gasteiger partial charge on any atom is 0.491 e. The van der Waals surface area contributed by atoms with Crippen molar-refractivity contribution in [3.8, 4) is 5.75 Å². The Hall–Kier alpha value is -2.58. The molecule has 35 heavy (non-hydrogen) atoms. The number of esters is 1. The van der Waals surface area contributed by atoms with Crippen molar-refractivity contribution in [2.75, 3.05) is 13.1 Å². The van der Waals surface area contributed by atoms with Crippen LogP contribution in [0.1, 0.15) is 17.5 Å². The van der Waals surface area contributed by atoms with E-state index in [2.05, 4.69) is 20.7 Å². The molecule has 1 saturated heterocycles. The zero-order chi connectivity index (χ0) is 25.8. The first kappa shape index (κ1) is 25.5. The standard InChI is InChI=1S/C21H15BrF6N2O4S/c22-13-5-6-17(14(9-13)20(23,24)25)35(32,33)30-11-16(34-19(31)21(26,27)28)18-12(3-1-4-15(18)30)10-29-7-2-8-29/h1,3-6,9,11H,2,7-8,10H2. The van der Waals surface area contributed by atoms with Gasteiger partial charge in [-0.05, 0) is 49.3 Å². The number of fused-ring (bicyclic) bond motifs is 1. The molecule has 2 heterocycles. The van der Waals surface area contributed by atoms with Crippen molar-refractivity contribution >= 4 is 42.8 Å². The molecule has 0 spiro atoms. The van der Waals surface area contributed by atoms with Gasteiger partial charge in [0.05, 0.1) is 17.3 Å². The molecular weight excluding hydrogens is 570 g/mol. The summed E-state index contributed by atoms with van der Waals surface area (Å²) >= 11 is 2.88. The number of benzene rings is 2. The molecule has 0 radical (unpaired) electrons. The van der Waals surface area contributed by atoms with Gasteiger partial charge in [0.1, 0.15) is 4.90 Å². The fourth-order valence-electron chi connectivity index (χ4n) is 3.70. The maximum atomic E-state index is 13.7. The molecule has 0 atom stereocenters. The maximum absolute atomic E-state index is 13.7. The van der Waals surface area contributed by atoms with Gasteiger partial charge in [0.2, 0.25) is 0 Å². The highest BCUT2D eigenvalue weighted by Crippen LogP contribution is 2.40. The second kappa shape index (κ2) is 8.82. The highest BCUT2D eigenvalue weighted by atomic mass is 79.9. The van der Waals surface area contributed by atoms with E-state index >= 15 is 0 Å². The quantitative estimate of drug-likeness (QED) is 0.299. The van der Waals surface area contributed by atoms with E-state index < -0.39 is 44.6 Å². The predicted octanol–water partition coefficient (Wildman–Crippen LogP) is 5.33. The van der Waals surface area contributed by atoms with E-state index in [0.29, 0.717) is 34.9 Å². The molecule has 0 unspecified atom stereocenters. The Morgan fingerprint density at radius 3 is 2.31 bits per heavy atom. The van der Waals surface area contributed by atoms with Gasteiger partial charge in [-0.1, -0.05) is 28.1 Å². The second-order valence-corrected chi connectivity index (χ2v) is 10.5. The van der Waals surface area contributed by atoms with Crippen LogP contribution in [0.3, 0.4) is 0 Å². The molecular formula is C21H15BrF6N2O4S. The van der Waals surface area contributed by atoms with Crippen molar-refractivity contribution < 1.29 is 44.3 Å². The number of aromatic nitrogens is 1. The molecule has 0 aliphatic carbocycles. The summed E-state index contributed by atoms with van der Waals surface area (Å²) in [6.07, 6.45) is -8.95. The van der Waals surface area contributed by atoms with E-state index in [1.807, 2.05) is 4.90 Å². The first-order valence-electron chi connectivity index (χ1n) is 9.96. The van der Waals surface area contributed by atoms with Gasteiger partial charge in [0.25, 0.3) is 10.0 Å². The summed E-state index contributed by atoms with van der Waals surface area (Å²) < 4.78 is 111. The van der Waals surface area contributed by atoms with Crippen LogP contribution in [0.4, 0.5) is 26.3 Å². The molecule has 3 aromatic rings. The lowest BCUT2D eigenvalue weighted by Crippen LogP contribution is -2.36. The topological polar surface area (TPSA) is 68.6 Å². The number of hydrogen-bond acceptors (Lipinski definition) is 5. The van der Waals surface area contributed by atoms with Crippen LogP contribution < -0.4 is 4.74 Å². The number of ether oxygens (including phenoxy) is 1. The molecule has 6 nitrogen and oxygen atoms in total. The molecule has 4 rings (SSSR count). The Kier molecular flexibility index (Phi) is 6.43. The average Bonchev–Trinajstić information content (AvgIpc) is 3.09. The lowest BCUT2D eigenvalue weighted by molar-refractivity contribution is -0.189. The van der Waals surface area contributed by atoms with E-state index in [1.165, 1.54) is 18.2 Å². The first-order chi connectivity index (χ1) is 16.2. The summed E-state index contributed by atoms with van der Waals surface area (Å²) in [5.41, 5.74) is -1.35. The molecule has 0 saturated carbocycles. The van der Waals surface area contributed by atoms with Crippen LogP contribution >= 0.6 is 15.9 Å².